The molecule has 0 bridgehead atoms. The van der Waals surface area contributed by atoms with Gasteiger partial charge >= 0.3 is 0 Å². The molecule has 0 saturated heterocycles. The van der Waals surface area contributed by atoms with Crippen molar-refractivity contribution in [2.75, 3.05) is 20.6 Å². The van der Waals surface area contributed by atoms with Crippen molar-refractivity contribution in [3.63, 3.8) is 0 Å². The summed E-state index contributed by atoms with van der Waals surface area (Å²) in [6, 6.07) is 17.1. The van der Waals surface area contributed by atoms with E-state index in [1.165, 1.54) is 28.6 Å². The SMILES string of the molecule is CN(C)CCCc1c(-c2ccccc2)cn2ccccc12. The number of hydrogen-bond donors (Lipinski definition) is 0. The van der Waals surface area contributed by atoms with Crippen LogP contribution in [0.25, 0.3) is 16.6 Å². The van der Waals surface area contributed by atoms with E-state index in [-0.39, 0.29) is 0 Å². The zero-order chi connectivity index (χ0) is 14.7. The molecule has 3 aromatic rings. The molecule has 0 N–H and O–H groups in total. The molecule has 21 heavy (non-hydrogen) atoms. The van der Waals surface area contributed by atoms with Gasteiger partial charge in [0.2, 0.25) is 0 Å². The van der Waals surface area contributed by atoms with Gasteiger partial charge < -0.3 is 9.30 Å². The van der Waals surface area contributed by atoms with Crippen molar-refractivity contribution in [3.05, 3.63) is 66.5 Å². The van der Waals surface area contributed by atoms with E-state index in [1.807, 2.05) is 0 Å². The minimum absolute atomic E-state index is 1.11. The van der Waals surface area contributed by atoms with Crippen LogP contribution in [-0.2, 0) is 6.42 Å². The van der Waals surface area contributed by atoms with E-state index < -0.39 is 0 Å². The lowest BCUT2D eigenvalue weighted by molar-refractivity contribution is 0.400. The number of benzene rings is 1. The zero-order valence-corrected chi connectivity index (χ0v) is 12.8. The van der Waals surface area contributed by atoms with Crippen molar-refractivity contribution in [1.29, 1.82) is 0 Å². The lowest BCUT2D eigenvalue weighted by Crippen LogP contribution is -2.13. The Morgan fingerprint density at radius 1 is 0.952 bits per heavy atom. The fourth-order valence-corrected chi connectivity index (χ4v) is 2.88. The second kappa shape index (κ2) is 6.15. The van der Waals surface area contributed by atoms with Crippen LogP contribution in [0.5, 0.6) is 0 Å². The summed E-state index contributed by atoms with van der Waals surface area (Å²) in [5, 5.41) is 0. The fourth-order valence-electron chi connectivity index (χ4n) is 2.88. The van der Waals surface area contributed by atoms with E-state index in [0.717, 1.165) is 13.0 Å². The van der Waals surface area contributed by atoms with Crippen LogP contribution in [0, 0.1) is 0 Å². The number of fused-ring (bicyclic) bond motifs is 1. The first-order valence-electron chi connectivity index (χ1n) is 7.54. The number of rotatable bonds is 5. The van der Waals surface area contributed by atoms with Crippen LogP contribution in [0.15, 0.2) is 60.9 Å². The molecule has 2 heteroatoms. The van der Waals surface area contributed by atoms with Crippen molar-refractivity contribution >= 4 is 5.52 Å². The van der Waals surface area contributed by atoms with Gasteiger partial charge in [0.05, 0.1) is 0 Å². The van der Waals surface area contributed by atoms with Gasteiger partial charge in [-0.2, -0.15) is 0 Å². The summed E-state index contributed by atoms with van der Waals surface area (Å²) in [6.07, 6.45) is 6.69. The Morgan fingerprint density at radius 3 is 2.48 bits per heavy atom. The number of aryl methyl sites for hydroxylation is 1. The lowest BCUT2D eigenvalue weighted by Gasteiger charge is -2.10. The molecule has 2 nitrogen and oxygen atoms in total. The number of pyridine rings is 1. The monoisotopic (exact) mass is 278 g/mol. The summed E-state index contributed by atoms with van der Waals surface area (Å²) < 4.78 is 2.24. The average molecular weight is 278 g/mol. The summed E-state index contributed by atoms with van der Waals surface area (Å²) in [4.78, 5) is 2.25. The van der Waals surface area contributed by atoms with E-state index in [0.29, 0.717) is 0 Å². The van der Waals surface area contributed by atoms with E-state index in [2.05, 4.69) is 84.3 Å². The normalized spacial score (nSPS) is 11.4. The predicted octanol–water partition coefficient (Wildman–Crippen LogP) is 4.10. The highest BCUT2D eigenvalue weighted by Crippen LogP contribution is 2.29. The molecule has 2 heterocycles. The van der Waals surface area contributed by atoms with Crippen LogP contribution in [0.2, 0.25) is 0 Å². The Labute approximate surface area is 126 Å². The summed E-state index contributed by atoms with van der Waals surface area (Å²) in [6.45, 7) is 1.12. The van der Waals surface area contributed by atoms with Gasteiger partial charge in [-0.1, -0.05) is 36.4 Å². The molecule has 0 amide bonds. The summed E-state index contributed by atoms with van der Waals surface area (Å²) in [5.74, 6) is 0. The fraction of sp³-hybridized carbons (Fsp3) is 0.263. The Kier molecular flexibility index (Phi) is 4.07. The molecule has 0 fully saturated rings. The quantitative estimate of drug-likeness (QED) is 0.682. The summed E-state index contributed by atoms with van der Waals surface area (Å²) >= 11 is 0. The van der Waals surface area contributed by atoms with Crippen LogP contribution >= 0.6 is 0 Å². The van der Waals surface area contributed by atoms with E-state index in [9.17, 15) is 0 Å². The van der Waals surface area contributed by atoms with Crippen molar-refractivity contribution in [3.8, 4) is 11.1 Å². The van der Waals surface area contributed by atoms with Gasteiger partial charge in [0.1, 0.15) is 0 Å². The predicted molar refractivity (Wildman–Crippen MR) is 89.7 cm³/mol. The molecule has 0 spiro atoms. The van der Waals surface area contributed by atoms with Gasteiger partial charge in [-0.15, -0.1) is 0 Å². The molecule has 0 aliphatic heterocycles. The van der Waals surface area contributed by atoms with Crippen LogP contribution in [0.1, 0.15) is 12.0 Å². The highest BCUT2D eigenvalue weighted by molar-refractivity contribution is 5.76. The molecule has 0 atom stereocenters. The smallest absolute Gasteiger partial charge is 0.0488 e. The van der Waals surface area contributed by atoms with E-state index >= 15 is 0 Å². The summed E-state index contributed by atoms with van der Waals surface area (Å²) in [5.41, 5.74) is 5.46. The second-order valence-electron chi connectivity index (χ2n) is 5.79. The van der Waals surface area contributed by atoms with Gasteiger partial charge in [-0.05, 0) is 56.7 Å². The third-order valence-corrected chi connectivity index (χ3v) is 3.91. The molecule has 0 radical (unpaired) electrons. The van der Waals surface area contributed by atoms with Gasteiger partial charge in [0.25, 0.3) is 0 Å². The number of aromatic nitrogens is 1. The van der Waals surface area contributed by atoms with Crippen molar-refractivity contribution in [1.82, 2.24) is 9.30 Å². The molecule has 0 aliphatic carbocycles. The minimum Gasteiger partial charge on any atom is -0.323 e. The van der Waals surface area contributed by atoms with Crippen molar-refractivity contribution < 1.29 is 0 Å². The molecule has 1 aromatic carbocycles. The van der Waals surface area contributed by atoms with Crippen LogP contribution in [-0.4, -0.2) is 29.9 Å². The standard InChI is InChI=1S/C19H22N2/c1-20(2)13-8-11-17-18(16-9-4-3-5-10-16)15-21-14-7-6-12-19(17)21/h3-7,9-10,12,14-15H,8,11,13H2,1-2H3. The topological polar surface area (TPSA) is 7.65 Å². The Bertz CT molecular complexity index is 711. The molecule has 0 saturated carbocycles. The first kappa shape index (κ1) is 13.9. The van der Waals surface area contributed by atoms with E-state index in [1.54, 1.807) is 0 Å². The van der Waals surface area contributed by atoms with Crippen LogP contribution in [0.3, 0.4) is 0 Å². The van der Waals surface area contributed by atoms with E-state index in [4.69, 9.17) is 0 Å². The van der Waals surface area contributed by atoms with Gasteiger partial charge in [-0.3, -0.25) is 0 Å². The molecule has 0 unspecified atom stereocenters. The second-order valence-corrected chi connectivity index (χ2v) is 5.79. The number of nitrogens with zero attached hydrogens (tertiary/aromatic N) is 2. The van der Waals surface area contributed by atoms with Crippen LogP contribution in [0.4, 0.5) is 0 Å². The maximum atomic E-state index is 2.26. The molecular weight excluding hydrogens is 256 g/mol. The highest BCUT2D eigenvalue weighted by atomic mass is 15.0. The maximum absolute atomic E-state index is 2.26. The Morgan fingerprint density at radius 2 is 1.71 bits per heavy atom. The first-order chi connectivity index (χ1) is 10.3. The third-order valence-electron chi connectivity index (χ3n) is 3.91. The Hall–Kier alpha value is -2.06. The van der Waals surface area contributed by atoms with Gasteiger partial charge in [0, 0.05) is 23.5 Å². The molecule has 2 aromatic heterocycles. The molecule has 3 rings (SSSR count). The third kappa shape index (κ3) is 3.01. The Balaban J connectivity index is 2.02. The maximum Gasteiger partial charge on any atom is 0.0488 e. The summed E-state index contributed by atoms with van der Waals surface area (Å²) in [7, 11) is 4.27. The first-order valence-corrected chi connectivity index (χ1v) is 7.54. The van der Waals surface area contributed by atoms with Crippen molar-refractivity contribution in [2.24, 2.45) is 0 Å². The molecular formula is C19H22N2. The van der Waals surface area contributed by atoms with Crippen molar-refractivity contribution in [2.45, 2.75) is 12.8 Å². The lowest BCUT2D eigenvalue weighted by atomic mass is 10.00. The van der Waals surface area contributed by atoms with Gasteiger partial charge in [-0.25, -0.2) is 0 Å². The highest BCUT2D eigenvalue weighted by Gasteiger charge is 2.11. The molecule has 0 aliphatic rings. The minimum atomic E-state index is 1.11. The molecule has 108 valence electrons. The zero-order valence-electron chi connectivity index (χ0n) is 12.8. The largest absolute Gasteiger partial charge is 0.323 e. The van der Waals surface area contributed by atoms with Gasteiger partial charge in [0.15, 0.2) is 0 Å². The van der Waals surface area contributed by atoms with Crippen LogP contribution < -0.4 is 0 Å². The number of hydrogen-bond acceptors (Lipinski definition) is 1. The average Bonchev–Trinajstić information content (AvgIpc) is 2.87.